The van der Waals surface area contributed by atoms with Crippen LogP contribution in [0.5, 0.6) is 5.75 Å². The molecule has 3 N–H and O–H groups in total. The molecule has 0 radical (unpaired) electrons. The minimum absolute atomic E-state index is 0.0859. The maximum absolute atomic E-state index is 12.8. The SMILES string of the molecule is CCc1ccc(N)cc1S(=O)(=O)N(C)c1ccc(O)cc1. The van der Waals surface area contributed by atoms with Crippen LogP contribution in [0.3, 0.4) is 0 Å². The number of aryl methyl sites for hydroxylation is 1. The maximum atomic E-state index is 12.8. The summed E-state index contributed by atoms with van der Waals surface area (Å²) in [6, 6.07) is 10.9. The fourth-order valence-corrected chi connectivity index (χ4v) is 3.58. The van der Waals surface area contributed by atoms with E-state index in [2.05, 4.69) is 0 Å². The van der Waals surface area contributed by atoms with Crippen molar-refractivity contribution in [2.45, 2.75) is 18.2 Å². The fraction of sp³-hybridized carbons (Fsp3) is 0.200. The van der Waals surface area contributed by atoms with E-state index in [0.29, 0.717) is 17.8 Å². The molecule has 2 rings (SSSR count). The van der Waals surface area contributed by atoms with E-state index in [-0.39, 0.29) is 10.6 Å². The monoisotopic (exact) mass is 306 g/mol. The predicted octanol–water partition coefficient (Wildman–Crippen LogP) is 2.36. The summed E-state index contributed by atoms with van der Waals surface area (Å²) in [5.74, 6) is 0.0859. The Labute approximate surface area is 124 Å². The average molecular weight is 306 g/mol. The van der Waals surface area contributed by atoms with Gasteiger partial charge in [-0.1, -0.05) is 13.0 Å². The Bertz CT molecular complexity index is 740. The van der Waals surface area contributed by atoms with Crippen LogP contribution in [-0.2, 0) is 16.4 Å². The number of phenolic OH excluding ortho intramolecular Hbond substituents is 1. The van der Waals surface area contributed by atoms with Gasteiger partial charge in [-0.3, -0.25) is 4.31 Å². The number of anilines is 2. The van der Waals surface area contributed by atoms with Gasteiger partial charge in [0.15, 0.2) is 0 Å². The second kappa shape index (κ2) is 5.65. The van der Waals surface area contributed by atoms with E-state index in [1.807, 2.05) is 6.92 Å². The molecule has 0 amide bonds. The number of hydrogen-bond acceptors (Lipinski definition) is 4. The number of aromatic hydroxyl groups is 1. The van der Waals surface area contributed by atoms with Crippen molar-refractivity contribution in [3.05, 3.63) is 48.0 Å². The maximum Gasteiger partial charge on any atom is 0.264 e. The van der Waals surface area contributed by atoms with Crippen molar-refractivity contribution in [2.75, 3.05) is 17.1 Å². The summed E-state index contributed by atoms with van der Waals surface area (Å²) in [6.07, 6.45) is 0.595. The molecule has 0 saturated carbocycles. The quantitative estimate of drug-likeness (QED) is 0.849. The van der Waals surface area contributed by atoms with E-state index < -0.39 is 10.0 Å². The first-order chi connectivity index (χ1) is 9.86. The van der Waals surface area contributed by atoms with E-state index in [1.54, 1.807) is 24.3 Å². The Kier molecular flexibility index (Phi) is 4.09. The molecule has 0 spiro atoms. The lowest BCUT2D eigenvalue weighted by atomic mass is 10.1. The molecule has 0 atom stereocenters. The van der Waals surface area contributed by atoms with Crippen molar-refractivity contribution >= 4 is 21.4 Å². The zero-order valence-electron chi connectivity index (χ0n) is 11.9. The number of benzene rings is 2. The molecule has 0 aliphatic heterocycles. The topological polar surface area (TPSA) is 83.6 Å². The van der Waals surface area contributed by atoms with Crippen molar-refractivity contribution in [3.63, 3.8) is 0 Å². The number of rotatable bonds is 4. The predicted molar refractivity (Wildman–Crippen MR) is 83.9 cm³/mol. The van der Waals surface area contributed by atoms with E-state index in [0.717, 1.165) is 5.56 Å². The standard InChI is InChI=1S/C15H18N2O3S/c1-3-11-4-5-12(16)10-15(11)21(19,20)17(2)13-6-8-14(18)9-7-13/h4-10,18H,3,16H2,1-2H3. The van der Waals surface area contributed by atoms with Gasteiger partial charge in [0.1, 0.15) is 5.75 Å². The lowest BCUT2D eigenvalue weighted by Crippen LogP contribution is -2.27. The molecule has 0 aliphatic rings. The molecule has 0 heterocycles. The van der Waals surface area contributed by atoms with Crippen LogP contribution >= 0.6 is 0 Å². The zero-order valence-corrected chi connectivity index (χ0v) is 12.8. The lowest BCUT2D eigenvalue weighted by molar-refractivity contribution is 0.475. The molecule has 0 bridgehead atoms. The first-order valence-corrected chi connectivity index (χ1v) is 7.96. The number of nitrogen functional groups attached to an aromatic ring is 1. The number of sulfonamides is 1. The minimum Gasteiger partial charge on any atom is -0.508 e. The molecule has 21 heavy (non-hydrogen) atoms. The summed E-state index contributed by atoms with van der Waals surface area (Å²) < 4.78 is 26.7. The van der Waals surface area contributed by atoms with Gasteiger partial charge in [0.2, 0.25) is 0 Å². The Hall–Kier alpha value is -2.21. The van der Waals surface area contributed by atoms with Gasteiger partial charge >= 0.3 is 0 Å². The van der Waals surface area contributed by atoms with Crippen molar-refractivity contribution in [2.24, 2.45) is 0 Å². The number of nitrogens with zero attached hydrogens (tertiary/aromatic N) is 1. The Morgan fingerprint density at radius 1 is 1.14 bits per heavy atom. The molecule has 0 fully saturated rings. The molecule has 112 valence electrons. The molecule has 2 aromatic carbocycles. The Morgan fingerprint density at radius 3 is 2.33 bits per heavy atom. The molecule has 0 aromatic heterocycles. The second-order valence-corrected chi connectivity index (χ2v) is 6.65. The molecule has 0 unspecified atom stereocenters. The highest BCUT2D eigenvalue weighted by Gasteiger charge is 2.24. The summed E-state index contributed by atoms with van der Waals surface area (Å²) in [5.41, 5.74) is 7.32. The third-order valence-corrected chi connectivity index (χ3v) is 5.19. The zero-order chi connectivity index (χ0) is 15.6. The minimum atomic E-state index is -3.70. The molecule has 2 aromatic rings. The van der Waals surface area contributed by atoms with Crippen molar-refractivity contribution < 1.29 is 13.5 Å². The molecule has 0 aliphatic carbocycles. The van der Waals surface area contributed by atoms with Gasteiger partial charge in [-0.25, -0.2) is 8.42 Å². The van der Waals surface area contributed by atoms with E-state index in [4.69, 9.17) is 5.73 Å². The van der Waals surface area contributed by atoms with Crippen LogP contribution in [0.25, 0.3) is 0 Å². The van der Waals surface area contributed by atoms with Crippen LogP contribution in [0.1, 0.15) is 12.5 Å². The van der Waals surface area contributed by atoms with Crippen LogP contribution in [0, 0.1) is 0 Å². The summed E-state index contributed by atoms with van der Waals surface area (Å²) in [6.45, 7) is 1.89. The van der Waals surface area contributed by atoms with Crippen LogP contribution in [-0.4, -0.2) is 20.6 Å². The van der Waals surface area contributed by atoms with Gasteiger partial charge in [0.05, 0.1) is 10.6 Å². The Morgan fingerprint density at radius 2 is 1.76 bits per heavy atom. The van der Waals surface area contributed by atoms with Gasteiger partial charge in [0.25, 0.3) is 10.0 Å². The smallest absolute Gasteiger partial charge is 0.264 e. The number of phenols is 1. The lowest BCUT2D eigenvalue weighted by Gasteiger charge is -2.21. The van der Waals surface area contributed by atoms with E-state index in [9.17, 15) is 13.5 Å². The summed E-state index contributed by atoms with van der Waals surface area (Å²) in [4.78, 5) is 0.209. The summed E-state index contributed by atoms with van der Waals surface area (Å²) in [5, 5.41) is 9.29. The Balaban J connectivity index is 2.51. The van der Waals surface area contributed by atoms with Crippen LogP contribution in [0.15, 0.2) is 47.4 Å². The third kappa shape index (κ3) is 2.95. The molecule has 6 heteroatoms. The number of nitrogens with two attached hydrogens (primary N) is 1. The highest BCUT2D eigenvalue weighted by Crippen LogP contribution is 2.27. The molecule has 0 saturated heterocycles. The highest BCUT2D eigenvalue weighted by atomic mass is 32.2. The van der Waals surface area contributed by atoms with Crippen molar-refractivity contribution in [1.82, 2.24) is 0 Å². The average Bonchev–Trinajstić information content (AvgIpc) is 2.47. The van der Waals surface area contributed by atoms with Crippen LogP contribution < -0.4 is 10.0 Å². The van der Waals surface area contributed by atoms with Crippen molar-refractivity contribution in [1.29, 1.82) is 0 Å². The van der Waals surface area contributed by atoms with Gasteiger partial charge in [-0.15, -0.1) is 0 Å². The molecule has 5 nitrogen and oxygen atoms in total. The van der Waals surface area contributed by atoms with Crippen LogP contribution in [0.4, 0.5) is 11.4 Å². The highest BCUT2D eigenvalue weighted by molar-refractivity contribution is 7.92. The summed E-state index contributed by atoms with van der Waals surface area (Å²) >= 11 is 0. The molecular weight excluding hydrogens is 288 g/mol. The molecular formula is C15H18N2O3S. The van der Waals surface area contributed by atoms with Crippen LogP contribution in [0.2, 0.25) is 0 Å². The fourth-order valence-electron chi connectivity index (χ4n) is 2.05. The van der Waals surface area contributed by atoms with Crippen molar-refractivity contribution in [3.8, 4) is 5.75 Å². The van der Waals surface area contributed by atoms with Gasteiger partial charge < -0.3 is 10.8 Å². The normalized spacial score (nSPS) is 11.3. The number of hydrogen-bond donors (Lipinski definition) is 2. The van der Waals surface area contributed by atoms with E-state index >= 15 is 0 Å². The van der Waals surface area contributed by atoms with Gasteiger partial charge in [-0.2, -0.15) is 0 Å². The van der Waals surface area contributed by atoms with Gasteiger partial charge in [-0.05, 0) is 48.4 Å². The second-order valence-electron chi connectivity index (χ2n) is 4.71. The summed E-state index contributed by atoms with van der Waals surface area (Å²) in [7, 11) is -2.22. The third-order valence-electron chi connectivity index (χ3n) is 3.32. The largest absolute Gasteiger partial charge is 0.508 e. The first-order valence-electron chi connectivity index (χ1n) is 6.52. The van der Waals surface area contributed by atoms with E-state index in [1.165, 1.54) is 29.6 Å². The van der Waals surface area contributed by atoms with Gasteiger partial charge in [0, 0.05) is 12.7 Å². The first kappa shape index (κ1) is 15.2.